The number of rotatable bonds is 4. The zero-order valence-corrected chi connectivity index (χ0v) is 12.6. The summed E-state index contributed by atoms with van der Waals surface area (Å²) in [7, 11) is 1.88. The molecule has 0 aromatic rings. The minimum atomic E-state index is -0.467. The molecule has 1 saturated heterocycles. The molecule has 1 rings (SSSR count). The van der Waals surface area contributed by atoms with Gasteiger partial charge in [0.05, 0.1) is 6.04 Å². The Morgan fingerprint density at radius 1 is 1.47 bits per heavy atom. The molecule has 2 N–H and O–H groups in total. The normalized spacial score (nSPS) is 22.2. The van der Waals surface area contributed by atoms with Crippen molar-refractivity contribution in [3.05, 3.63) is 0 Å². The van der Waals surface area contributed by atoms with Crippen molar-refractivity contribution in [3.8, 4) is 0 Å². The van der Waals surface area contributed by atoms with E-state index in [9.17, 15) is 4.79 Å². The van der Waals surface area contributed by atoms with Gasteiger partial charge in [-0.1, -0.05) is 0 Å². The zero-order valence-electron chi connectivity index (χ0n) is 12.6. The Bertz CT molecular complexity index is 289. The number of nitrogens with one attached hydrogen (secondary N) is 1. The van der Waals surface area contributed by atoms with Crippen LogP contribution in [-0.2, 0) is 4.74 Å². The summed E-state index contributed by atoms with van der Waals surface area (Å²) in [4.78, 5) is 14.1. The minimum Gasteiger partial charge on any atom is -0.444 e. The molecule has 1 fully saturated rings. The summed E-state index contributed by atoms with van der Waals surface area (Å²) in [5, 5.41) is 12.3. The number of aliphatic hydroxyl groups excluding tert-OH is 1. The van der Waals surface area contributed by atoms with E-state index in [0.717, 1.165) is 25.8 Å². The molecule has 0 radical (unpaired) electrons. The highest BCUT2D eigenvalue weighted by Gasteiger charge is 2.34. The molecular weight excluding hydrogens is 244 g/mol. The number of nitrogens with zero attached hydrogens (tertiary/aromatic N) is 1. The van der Waals surface area contributed by atoms with Crippen LogP contribution in [0.1, 0.15) is 46.5 Å². The van der Waals surface area contributed by atoms with Gasteiger partial charge in [0.1, 0.15) is 5.60 Å². The quantitative estimate of drug-likeness (QED) is 0.818. The van der Waals surface area contributed by atoms with E-state index < -0.39 is 5.60 Å². The van der Waals surface area contributed by atoms with E-state index >= 15 is 0 Å². The Kier molecular flexibility index (Phi) is 6.07. The van der Waals surface area contributed by atoms with Crippen molar-refractivity contribution in [1.29, 1.82) is 0 Å². The first-order chi connectivity index (χ1) is 8.89. The smallest absolute Gasteiger partial charge is 0.410 e. The molecule has 2 atom stereocenters. The third-order valence-electron chi connectivity index (χ3n) is 3.45. The van der Waals surface area contributed by atoms with Crippen molar-refractivity contribution in [1.82, 2.24) is 10.2 Å². The van der Waals surface area contributed by atoms with Crippen molar-refractivity contribution in [2.45, 2.75) is 64.1 Å². The van der Waals surface area contributed by atoms with Crippen LogP contribution in [0.15, 0.2) is 0 Å². The number of amides is 1. The maximum Gasteiger partial charge on any atom is 0.410 e. The first kappa shape index (κ1) is 16.2. The lowest BCUT2D eigenvalue weighted by Crippen LogP contribution is -2.54. The molecule has 0 saturated carbocycles. The SMILES string of the molecule is CNC(CCO)C1CCCCN1C(=O)OC(C)(C)C. The van der Waals surface area contributed by atoms with Gasteiger partial charge in [0.25, 0.3) is 0 Å². The summed E-state index contributed by atoms with van der Waals surface area (Å²) in [6.45, 7) is 6.51. The monoisotopic (exact) mass is 272 g/mol. The van der Waals surface area contributed by atoms with E-state index in [0.29, 0.717) is 6.42 Å². The Balaban J connectivity index is 2.73. The van der Waals surface area contributed by atoms with Gasteiger partial charge in [-0.3, -0.25) is 0 Å². The highest BCUT2D eigenvalue weighted by atomic mass is 16.6. The van der Waals surface area contributed by atoms with Crippen LogP contribution < -0.4 is 5.32 Å². The van der Waals surface area contributed by atoms with E-state index in [2.05, 4.69) is 5.32 Å². The summed E-state index contributed by atoms with van der Waals surface area (Å²) in [6, 6.07) is 0.235. The minimum absolute atomic E-state index is 0.112. The van der Waals surface area contributed by atoms with Crippen LogP contribution in [0.3, 0.4) is 0 Å². The summed E-state index contributed by atoms with van der Waals surface area (Å²) in [5.74, 6) is 0. The third kappa shape index (κ3) is 4.99. The van der Waals surface area contributed by atoms with Crippen molar-refractivity contribution >= 4 is 6.09 Å². The molecule has 5 heteroatoms. The average molecular weight is 272 g/mol. The van der Waals surface area contributed by atoms with Crippen LogP contribution in [0.4, 0.5) is 4.79 Å². The summed E-state index contributed by atoms with van der Waals surface area (Å²) in [6.07, 6.45) is 3.51. The summed E-state index contributed by atoms with van der Waals surface area (Å²) >= 11 is 0. The molecule has 1 aliphatic rings. The first-order valence-electron chi connectivity index (χ1n) is 7.17. The molecule has 0 aliphatic carbocycles. The molecule has 19 heavy (non-hydrogen) atoms. The van der Waals surface area contributed by atoms with Gasteiger partial charge in [-0.25, -0.2) is 4.79 Å². The van der Waals surface area contributed by atoms with Crippen LogP contribution in [0, 0.1) is 0 Å². The van der Waals surface area contributed by atoms with Crippen LogP contribution in [0.25, 0.3) is 0 Å². The lowest BCUT2D eigenvalue weighted by Gasteiger charge is -2.40. The largest absolute Gasteiger partial charge is 0.444 e. The van der Waals surface area contributed by atoms with Crippen LogP contribution in [0.2, 0.25) is 0 Å². The van der Waals surface area contributed by atoms with E-state index in [1.165, 1.54) is 0 Å². The third-order valence-corrected chi connectivity index (χ3v) is 3.45. The fourth-order valence-corrected chi connectivity index (χ4v) is 2.59. The second-order valence-electron chi connectivity index (χ2n) is 6.14. The van der Waals surface area contributed by atoms with Crippen LogP contribution in [-0.4, -0.2) is 54.0 Å². The van der Waals surface area contributed by atoms with Gasteiger partial charge in [0.15, 0.2) is 0 Å². The van der Waals surface area contributed by atoms with E-state index in [1.54, 1.807) is 0 Å². The van der Waals surface area contributed by atoms with Crippen molar-refractivity contribution in [3.63, 3.8) is 0 Å². The van der Waals surface area contributed by atoms with Gasteiger partial charge in [-0.05, 0) is 53.5 Å². The standard InChI is InChI=1S/C14H28N2O3/c1-14(2,3)19-13(18)16-9-6-5-7-12(16)11(15-4)8-10-17/h11-12,15,17H,5-10H2,1-4H3. The van der Waals surface area contributed by atoms with Crippen LogP contribution >= 0.6 is 0 Å². The van der Waals surface area contributed by atoms with Crippen LogP contribution in [0.5, 0.6) is 0 Å². The van der Waals surface area contributed by atoms with Crippen molar-refractivity contribution < 1.29 is 14.6 Å². The van der Waals surface area contributed by atoms with Gasteiger partial charge in [-0.15, -0.1) is 0 Å². The van der Waals surface area contributed by atoms with E-state index in [1.807, 2.05) is 32.7 Å². The number of piperidine rings is 1. The van der Waals surface area contributed by atoms with E-state index in [-0.39, 0.29) is 24.8 Å². The molecule has 0 aromatic carbocycles. The molecule has 5 nitrogen and oxygen atoms in total. The molecule has 112 valence electrons. The number of likely N-dealkylation sites (tertiary alicyclic amines) is 1. The topological polar surface area (TPSA) is 61.8 Å². The van der Waals surface area contributed by atoms with Gasteiger partial charge in [-0.2, -0.15) is 0 Å². The lowest BCUT2D eigenvalue weighted by atomic mass is 9.94. The van der Waals surface area contributed by atoms with Crippen molar-refractivity contribution in [2.75, 3.05) is 20.2 Å². The fourth-order valence-electron chi connectivity index (χ4n) is 2.59. The van der Waals surface area contributed by atoms with Gasteiger partial charge in [0.2, 0.25) is 0 Å². The number of likely N-dealkylation sites (N-methyl/N-ethyl adjacent to an activating group) is 1. The Morgan fingerprint density at radius 3 is 2.68 bits per heavy atom. The van der Waals surface area contributed by atoms with Gasteiger partial charge in [0, 0.05) is 19.2 Å². The molecule has 2 unspecified atom stereocenters. The maximum atomic E-state index is 12.3. The fraction of sp³-hybridized carbons (Fsp3) is 0.929. The lowest BCUT2D eigenvalue weighted by molar-refractivity contribution is 0.00379. The van der Waals surface area contributed by atoms with Crippen molar-refractivity contribution in [2.24, 2.45) is 0 Å². The highest BCUT2D eigenvalue weighted by molar-refractivity contribution is 5.68. The number of carbonyl (C=O) groups is 1. The second kappa shape index (κ2) is 7.10. The zero-order chi connectivity index (χ0) is 14.5. The summed E-state index contributed by atoms with van der Waals surface area (Å²) in [5.41, 5.74) is -0.467. The first-order valence-corrected chi connectivity index (χ1v) is 7.17. The van der Waals surface area contributed by atoms with Gasteiger partial charge >= 0.3 is 6.09 Å². The number of hydrogen-bond acceptors (Lipinski definition) is 4. The molecule has 0 bridgehead atoms. The molecule has 1 aliphatic heterocycles. The molecule has 1 heterocycles. The summed E-state index contributed by atoms with van der Waals surface area (Å²) < 4.78 is 5.48. The second-order valence-corrected chi connectivity index (χ2v) is 6.14. The van der Waals surface area contributed by atoms with Gasteiger partial charge < -0.3 is 20.1 Å². The Morgan fingerprint density at radius 2 is 2.16 bits per heavy atom. The predicted octanol–water partition coefficient (Wildman–Crippen LogP) is 1.75. The predicted molar refractivity (Wildman–Crippen MR) is 75.1 cm³/mol. The number of aliphatic hydroxyl groups is 1. The molecular formula is C14H28N2O3. The average Bonchev–Trinajstić information content (AvgIpc) is 2.34. The molecule has 0 spiro atoms. The molecule has 1 amide bonds. The number of hydrogen-bond donors (Lipinski definition) is 2. The Hall–Kier alpha value is -0.810. The maximum absolute atomic E-state index is 12.3. The molecule has 0 aromatic heterocycles. The number of ether oxygens (including phenoxy) is 1. The number of carbonyl (C=O) groups excluding carboxylic acids is 1. The Labute approximate surface area is 116 Å². The highest BCUT2D eigenvalue weighted by Crippen LogP contribution is 2.23. The van der Waals surface area contributed by atoms with E-state index in [4.69, 9.17) is 9.84 Å².